The average molecular weight is 505 g/mol. The van der Waals surface area contributed by atoms with E-state index in [1.165, 1.54) is 6.08 Å². The van der Waals surface area contributed by atoms with Gasteiger partial charge in [-0.1, -0.05) is 64.1 Å². The smallest absolute Gasteiger partial charge is 0.343 e. The quantitative estimate of drug-likeness (QED) is 0.0852. The van der Waals surface area contributed by atoms with Crippen LogP contribution in [0.4, 0.5) is 0 Å². The number of benzene rings is 3. The van der Waals surface area contributed by atoms with Crippen LogP contribution in [-0.4, -0.2) is 11.9 Å². The molecule has 4 aromatic rings. The highest BCUT2D eigenvalue weighted by atomic mass is 32.9. The molecule has 170 valence electrons. The Morgan fingerprint density at radius 2 is 1.50 bits per heavy atom. The number of esters is 2. The highest BCUT2D eigenvalue weighted by Crippen LogP contribution is 2.30. The largest absolute Gasteiger partial charge is 0.423 e. The number of carbonyl (C=O) groups excluding carboxylic acids is 2. The van der Waals surface area contributed by atoms with Crippen molar-refractivity contribution in [2.45, 2.75) is 13.3 Å². The van der Waals surface area contributed by atoms with Gasteiger partial charge in [0.2, 0.25) is 0 Å². The van der Waals surface area contributed by atoms with E-state index >= 15 is 0 Å². The van der Waals surface area contributed by atoms with Crippen LogP contribution in [0.15, 0.2) is 84.9 Å². The number of rotatable bonds is 7. The molecule has 0 aliphatic carbocycles. The molecule has 0 fully saturated rings. The summed E-state index contributed by atoms with van der Waals surface area (Å²) in [5.41, 5.74) is 3.47. The Kier molecular flexibility index (Phi) is 7.80. The molecule has 0 aliphatic heterocycles. The van der Waals surface area contributed by atoms with E-state index in [-0.39, 0.29) is 0 Å². The van der Waals surface area contributed by atoms with Gasteiger partial charge in [-0.2, -0.15) is 0 Å². The van der Waals surface area contributed by atoms with Gasteiger partial charge in [0.15, 0.2) is 0 Å². The zero-order valence-electron chi connectivity index (χ0n) is 18.2. The van der Waals surface area contributed by atoms with E-state index in [0.29, 0.717) is 17.1 Å². The molecule has 4 nitrogen and oxygen atoms in total. The van der Waals surface area contributed by atoms with Crippen molar-refractivity contribution in [1.82, 2.24) is 0 Å². The lowest BCUT2D eigenvalue weighted by Crippen LogP contribution is -2.08. The Morgan fingerprint density at radius 3 is 2.12 bits per heavy atom. The van der Waals surface area contributed by atoms with E-state index in [0.717, 1.165) is 31.8 Å². The molecule has 0 spiro atoms. The third-order valence-corrected chi connectivity index (χ3v) is 7.83. The van der Waals surface area contributed by atoms with Crippen molar-refractivity contribution in [3.8, 4) is 21.9 Å². The molecule has 1 aromatic heterocycles. The van der Waals surface area contributed by atoms with Crippen molar-refractivity contribution >= 4 is 50.9 Å². The highest BCUT2D eigenvalue weighted by molar-refractivity contribution is 7.80. The molecule has 0 unspecified atom stereocenters. The van der Waals surface area contributed by atoms with Gasteiger partial charge in [0.05, 0.1) is 5.56 Å². The van der Waals surface area contributed by atoms with Crippen LogP contribution in [0.2, 0.25) is 0 Å². The molecule has 0 aliphatic rings. The van der Waals surface area contributed by atoms with Gasteiger partial charge in [-0.3, -0.25) is 0 Å². The molecule has 34 heavy (non-hydrogen) atoms. The van der Waals surface area contributed by atoms with Gasteiger partial charge >= 0.3 is 11.9 Å². The standard InChI is InChI=1S/C27H20O4S3/c1-2-18-3-8-21(9-4-18)27(29)31-23-12-5-19(6-13-23)7-16-25(28)30-22-14-10-20(11-15-22)24-17-26(32)34-33-24/h3-17H,2H2,1H3/b16-7+. The number of aryl methyl sites for hydroxylation is 1. The third-order valence-electron chi connectivity index (χ3n) is 4.92. The Balaban J connectivity index is 1.31. The highest BCUT2D eigenvalue weighted by Gasteiger charge is 2.08. The molecular weight excluding hydrogens is 484 g/mol. The number of carbonyl (C=O) groups is 2. The lowest BCUT2D eigenvalue weighted by molar-refractivity contribution is -0.128. The first-order valence-electron chi connectivity index (χ1n) is 10.5. The summed E-state index contributed by atoms with van der Waals surface area (Å²) >= 11 is 5.17. The number of ether oxygens (including phenoxy) is 2. The predicted octanol–water partition coefficient (Wildman–Crippen LogP) is 7.61. The average Bonchev–Trinajstić information content (AvgIpc) is 3.30. The van der Waals surface area contributed by atoms with Crippen LogP contribution in [0.25, 0.3) is 16.5 Å². The van der Waals surface area contributed by atoms with E-state index in [1.54, 1.807) is 75.3 Å². The predicted molar refractivity (Wildman–Crippen MR) is 140 cm³/mol. The van der Waals surface area contributed by atoms with Crippen LogP contribution in [0.3, 0.4) is 0 Å². The van der Waals surface area contributed by atoms with E-state index in [2.05, 4.69) is 6.92 Å². The van der Waals surface area contributed by atoms with E-state index in [9.17, 15) is 9.59 Å². The monoisotopic (exact) mass is 504 g/mol. The van der Waals surface area contributed by atoms with Crippen LogP contribution < -0.4 is 9.47 Å². The molecule has 0 N–H and O–H groups in total. The minimum atomic E-state index is -0.482. The van der Waals surface area contributed by atoms with E-state index in [1.807, 2.05) is 30.3 Å². The van der Waals surface area contributed by atoms with Crippen molar-refractivity contribution in [2.24, 2.45) is 0 Å². The molecular formula is C27H20O4S3. The van der Waals surface area contributed by atoms with Gasteiger partial charge in [0.25, 0.3) is 0 Å². The minimum absolute atomic E-state index is 0.412. The topological polar surface area (TPSA) is 52.6 Å². The second-order valence-corrected chi connectivity index (χ2v) is 10.2. The summed E-state index contributed by atoms with van der Waals surface area (Å²) in [6.07, 6.45) is 3.91. The first-order chi connectivity index (χ1) is 16.5. The van der Waals surface area contributed by atoms with E-state index < -0.39 is 11.9 Å². The molecule has 7 heteroatoms. The molecule has 0 saturated heterocycles. The molecule has 0 amide bonds. The summed E-state index contributed by atoms with van der Waals surface area (Å²) in [4.78, 5) is 25.6. The first-order valence-corrected chi connectivity index (χ1v) is 13.1. The lowest BCUT2D eigenvalue weighted by Gasteiger charge is -2.05. The van der Waals surface area contributed by atoms with Crippen LogP contribution in [0, 0.1) is 3.82 Å². The second-order valence-electron chi connectivity index (χ2n) is 7.28. The zero-order chi connectivity index (χ0) is 23.9. The Hall–Kier alpha value is -3.39. The Labute approximate surface area is 210 Å². The summed E-state index contributed by atoms with van der Waals surface area (Å²) in [7, 11) is 3.18. The van der Waals surface area contributed by atoms with Gasteiger partial charge < -0.3 is 9.47 Å². The fourth-order valence-electron chi connectivity index (χ4n) is 3.06. The number of hydrogen-bond acceptors (Lipinski definition) is 7. The first kappa shape index (κ1) is 23.8. The van der Waals surface area contributed by atoms with Gasteiger partial charge in [0, 0.05) is 11.0 Å². The van der Waals surface area contributed by atoms with Crippen molar-refractivity contribution in [2.75, 3.05) is 0 Å². The maximum atomic E-state index is 12.3. The SMILES string of the molecule is CCc1ccc(C(=O)Oc2ccc(/C=C/C(=O)Oc3ccc(-c4cc(=S)ss4)cc3)cc2)cc1. The molecule has 3 aromatic carbocycles. The van der Waals surface area contributed by atoms with Gasteiger partial charge in [-0.25, -0.2) is 9.59 Å². The maximum absolute atomic E-state index is 12.3. The van der Waals surface area contributed by atoms with Crippen LogP contribution in [0.1, 0.15) is 28.4 Å². The van der Waals surface area contributed by atoms with Crippen molar-refractivity contribution in [3.63, 3.8) is 0 Å². The summed E-state index contributed by atoms with van der Waals surface area (Å²) in [5.74, 6) is 0.000312. The zero-order valence-corrected chi connectivity index (χ0v) is 20.7. The van der Waals surface area contributed by atoms with Crippen molar-refractivity contribution in [3.05, 3.63) is 105 Å². The van der Waals surface area contributed by atoms with Crippen molar-refractivity contribution < 1.29 is 19.1 Å². The third kappa shape index (κ3) is 6.35. The molecule has 0 atom stereocenters. The fraction of sp³-hybridized carbons (Fsp3) is 0.0741. The van der Waals surface area contributed by atoms with Crippen LogP contribution in [0.5, 0.6) is 11.5 Å². The maximum Gasteiger partial charge on any atom is 0.343 e. The molecule has 0 saturated carbocycles. The number of hydrogen-bond donors (Lipinski definition) is 0. The Morgan fingerprint density at radius 1 is 0.853 bits per heavy atom. The second kappa shape index (κ2) is 11.2. The molecule has 4 rings (SSSR count). The lowest BCUT2D eigenvalue weighted by atomic mass is 10.1. The Bertz CT molecular complexity index is 1360. The van der Waals surface area contributed by atoms with E-state index in [4.69, 9.17) is 21.7 Å². The normalized spacial score (nSPS) is 10.9. The fourth-order valence-corrected chi connectivity index (χ4v) is 5.47. The molecule has 1 heterocycles. The van der Waals surface area contributed by atoms with Gasteiger partial charge in [-0.15, -0.1) is 0 Å². The minimum Gasteiger partial charge on any atom is -0.423 e. The van der Waals surface area contributed by atoms with Crippen LogP contribution >= 0.6 is 32.9 Å². The van der Waals surface area contributed by atoms with Crippen LogP contribution in [-0.2, 0) is 11.2 Å². The van der Waals surface area contributed by atoms with Gasteiger partial charge in [-0.05, 0) is 83.8 Å². The summed E-state index contributed by atoms with van der Waals surface area (Å²) < 4.78 is 11.6. The van der Waals surface area contributed by atoms with Crippen molar-refractivity contribution in [1.29, 1.82) is 0 Å². The summed E-state index contributed by atoms with van der Waals surface area (Å²) in [6, 6.07) is 23.5. The van der Waals surface area contributed by atoms with Gasteiger partial charge in [0.1, 0.15) is 15.3 Å². The molecule has 0 bridgehead atoms. The molecule has 0 radical (unpaired) electrons. The summed E-state index contributed by atoms with van der Waals surface area (Å²) in [6.45, 7) is 2.06. The summed E-state index contributed by atoms with van der Waals surface area (Å²) in [5, 5.41) is 0.